The minimum absolute atomic E-state index is 0.0264. The van der Waals surface area contributed by atoms with Gasteiger partial charge in [-0.25, -0.2) is 0 Å². The van der Waals surface area contributed by atoms with E-state index in [1.54, 1.807) is 11.9 Å². The Hall–Kier alpha value is -3.46. The standard InChI is InChI=1S/C20H24N4O5/c1-13-6-5-7-14(2)20(13)22-19(26)12-23(3)11-18(25)21-16-9-8-15(24(27)28)10-17(16)29-4/h5-10H,11-12H2,1-4H3,(H,21,25)(H,22,26). The molecule has 0 aliphatic carbocycles. The Morgan fingerprint density at radius 1 is 1.07 bits per heavy atom. The summed E-state index contributed by atoms with van der Waals surface area (Å²) in [5.41, 5.74) is 2.87. The molecule has 0 fully saturated rings. The molecule has 0 aromatic heterocycles. The first-order chi connectivity index (χ1) is 13.7. The highest BCUT2D eigenvalue weighted by molar-refractivity contribution is 5.96. The maximum Gasteiger partial charge on any atom is 0.273 e. The molecule has 0 bridgehead atoms. The van der Waals surface area contributed by atoms with Crippen LogP contribution in [-0.2, 0) is 9.59 Å². The Morgan fingerprint density at radius 2 is 1.66 bits per heavy atom. The quantitative estimate of drug-likeness (QED) is 0.520. The van der Waals surface area contributed by atoms with Crippen LogP contribution in [0.4, 0.5) is 17.1 Å². The largest absolute Gasteiger partial charge is 0.494 e. The third-order valence-corrected chi connectivity index (χ3v) is 4.24. The van der Waals surface area contributed by atoms with Crippen LogP contribution in [0.25, 0.3) is 0 Å². The highest BCUT2D eigenvalue weighted by atomic mass is 16.6. The molecule has 0 aliphatic heterocycles. The van der Waals surface area contributed by atoms with Gasteiger partial charge in [0.15, 0.2) is 0 Å². The molecule has 154 valence electrons. The smallest absolute Gasteiger partial charge is 0.273 e. The van der Waals surface area contributed by atoms with Gasteiger partial charge in [0, 0.05) is 11.8 Å². The predicted molar refractivity (Wildman–Crippen MR) is 110 cm³/mol. The molecule has 0 heterocycles. The minimum atomic E-state index is -0.545. The lowest BCUT2D eigenvalue weighted by Crippen LogP contribution is -2.36. The molecule has 0 saturated heterocycles. The van der Waals surface area contributed by atoms with Gasteiger partial charge < -0.3 is 15.4 Å². The van der Waals surface area contributed by atoms with Gasteiger partial charge in [-0.1, -0.05) is 18.2 Å². The van der Waals surface area contributed by atoms with Gasteiger partial charge in [-0.05, 0) is 38.1 Å². The number of nitrogens with zero attached hydrogens (tertiary/aromatic N) is 2. The van der Waals surface area contributed by atoms with Gasteiger partial charge in [0.2, 0.25) is 11.8 Å². The summed E-state index contributed by atoms with van der Waals surface area (Å²) in [6.45, 7) is 3.81. The molecule has 2 aromatic rings. The van der Waals surface area contributed by atoms with Gasteiger partial charge in [0.1, 0.15) is 5.75 Å². The van der Waals surface area contributed by atoms with Crippen molar-refractivity contribution in [2.75, 3.05) is 37.9 Å². The number of anilines is 2. The molecular formula is C20H24N4O5. The Kier molecular flexibility index (Phi) is 7.27. The molecule has 29 heavy (non-hydrogen) atoms. The van der Waals surface area contributed by atoms with Crippen LogP contribution in [0.15, 0.2) is 36.4 Å². The fraction of sp³-hybridized carbons (Fsp3) is 0.300. The number of aryl methyl sites for hydroxylation is 2. The van der Waals surface area contributed by atoms with Crippen molar-refractivity contribution in [2.24, 2.45) is 0 Å². The Bertz CT molecular complexity index is 909. The molecule has 0 aliphatic rings. The molecule has 2 aromatic carbocycles. The van der Waals surface area contributed by atoms with Gasteiger partial charge in [-0.2, -0.15) is 0 Å². The number of nitrogens with one attached hydrogen (secondary N) is 2. The number of nitro benzene ring substituents is 1. The van der Waals surface area contributed by atoms with E-state index in [-0.39, 0.29) is 36.3 Å². The zero-order chi connectivity index (χ0) is 21.6. The number of rotatable bonds is 8. The Balaban J connectivity index is 1.94. The molecule has 9 nitrogen and oxygen atoms in total. The number of para-hydroxylation sites is 1. The van der Waals surface area contributed by atoms with E-state index in [9.17, 15) is 19.7 Å². The first kappa shape index (κ1) is 21.8. The molecule has 2 amide bonds. The number of benzene rings is 2. The van der Waals surface area contributed by atoms with E-state index >= 15 is 0 Å². The van der Waals surface area contributed by atoms with Gasteiger partial charge in [-0.3, -0.25) is 24.6 Å². The Morgan fingerprint density at radius 3 is 2.21 bits per heavy atom. The number of carbonyl (C=O) groups excluding carboxylic acids is 2. The number of carbonyl (C=O) groups is 2. The monoisotopic (exact) mass is 400 g/mol. The molecule has 9 heteroatoms. The van der Waals surface area contributed by atoms with Crippen molar-refractivity contribution in [1.82, 2.24) is 4.90 Å². The van der Waals surface area contributed by atoms with E-state index in [0.717, 1.165) is 16.8 Å². The van der Waals surface area contributed by atoms with Crippen molar-refractivity contribution in [3.8, 4) is 5.75 Å². The first-order valence-electron chi connectivity index (χ1n) is 8.88. The fourth-order valence-corrected chi connectivity index (χ4v) is 2.82. The van der Waals surface area contributed by atoms with E-state index in [0.29, 0.717) is 5.69 Å². The second-order valence-corrected chi connectivity index (χ2v) is 6.68. The summed E-state index contributed by atoms with van der Waals surface area (Å²) in [4.78, 5) is 36.4. The summed E-state index contributed by atoms with van der Waals surface area (Å²) in [7, 11) is 3.01. The Labute approximate surface area is 168 Å². The summed E-state index contributed by atoms with van der Waals surface area (Å²) in [5, 5.41) is 16.4. The molecule has 0 radical (unpaired) electrons. The second kappa shape index (κ2) is 9.65. The third kappa shape index (κ3) is 6.01. The highest BCUT2D eigenvalue weighted by Gasteiger charge is 2.16. The number of nitro groups is 1. The fourth-order valence-electron chi connectivity index (χ4n) is 2.82. The summed E-state index contributed by atoms with van der Waals surface area (Å²) in [6, 6.07) is 9.66. The predicted octanol–water partition coefficient (Wildman–Crippen LogP) is 2.73. The topological polar surface area (TPSA) is 114 Å². The summed E-state index contributed by atoms with van der Waals surface area (Å²) in [6.07, 6.45) is 0. The van der Waals surface area contributed by atoms with Crippen molar-refractivity contribution in [3.63, 3.8) is 0 Å². The van der Waals surface area contributed by atoms with E-state index < -0.39 is 4.92 Å². The number of methoxy groups -OCH3 is 1. The van der Waals surface area contributed by atoms with Gasteiger partial charge in [-0.15, -0.1) is 0 Å². The van der Waals surface area contributed by atoms with E-state index in [1.165, 1.54) is 25.3 Å². The number of likely N-dealkylation sites (N-methyl/N-ethyl adjacent to an activating group) is 1. The van der Waals surface area contributed by atoms with Gasteiger partial charge in [0.25, 0.3) is 5.69 Å². The van der Waals surface area contributed by atoms with Crippen LogP contribution in [0.3, 0.4) is 0 Å². The van der Waals surface area contributed by atoms with E-state index in [2.05, 4.69) is 10.6 Å². The molecule has 0 spiro atoms. The number of non-ortho nitro benzene ring substituents is 1. The van der Waals surface area contributed by atoms with Crippen molar-refractivity contribution in [1.29, 1.82) is 0 Å². The second-order valence-electron chi connectivity index (χ2n) is 6.68. The maximum atomic E-state index is 12.3. The minimum Gasteiger partial charge on any atom is -0.494 e. The maximum absolute atomic E-state index is 12.3. The van der Waals surface area contributed by atoms with Crippen molar-refractivity contribution < 1.29 is 19.2 Å². The normalized spacial score (nSPS) is 10.5. The van der Waals surface area contributed by atoms with Crippen LogP contribution in [0.1, 0.15) is 11.1 Å². The van der Waals surface area contributed by atoms with Crippen LogP contribution in [-0.4, -0.2) is 48.9 Å². The molecule has 2 rings (SSSR count). The SMILES string of the molecule is COc1cc([N+](=O)[O-])ccc1NC(=O)CN(C)CC(=O)Nc1c(C)cccc1C. The summed E-state index contributed by atoms with van der Waals surface area (Å²) < 4.78 is 5.10. The molecule has 0 saturated carbocycles. The lowest BCUT2D eigenvalue weighted by atomic mass is 10.1. The molecule has 0 unspecified atom stereocenters. The first-order valence-corrected chi connectivity index (χ1v) is 8.88. The van der Waals surface area contributed by atoms with Crippen LogP contribution in [0, 0.1) is 24.0 Å². The third-order valence-electron chi connectivity index (χ3n) is 4.24. The van der Waals surface area contributed by atoms with Crippen molar-refractivity contribution in [2.45, 2.75) is 13.8 Å². The summed E-state index contributed by atoms with van der Waals surface area (Å²) in [5.74, 6) is -0.423. The highest BCUT2D eigenvalue weighted by Crippen LogP contribution is 2.28. The van der Waals surface area contributed by atoms with Crippen LogP contribution in [0.5, 0.6) is 5.75 Å². The molecular weight excluding hydrogens is 376 g/mol. The van der Waals surface area contributed by atoms with Crippen LogP contribution < -0.4 is 15.4 Å². The number of ether oxygens (including phenoxy) is 1. The summed E-state index contributed by atoms with van der Waals surface area (Å²) >= 11 is 0. The van der Waals surface area contributed by atoms with Gasteiger partial charge >= 0.3 is 0 Å². The molecule has 2 N–H and O–H groups in total. The average Bonchev–Trinajstić information content (AvgIpc) is 2.64. The number of hydrogen-bond donors (Lipinski definition) is 2. The number of amides is 2. The lowest BCUT2D eigenvalue weighted by molar-refractivity contribution is -0.384. The van der Waals surface area contributed by atoms with Crippen molar-refractivity contribution >= 4 is 28.9 Å². The zero-order valence-corrected chi connectivity index (χ0v) is 16.8. The van der Waals surface area contributed by atoms with E-state index in [1.807, 2.05) is 32.0 Å². The lowest BCUT2D eigenvalue weighted by Gasteiger charge is -2.18. The van der Waals surface area contributed by atoms with Crippen LogP contribution in [0.2, 0.25) is 0 Å². The molecule has 0 atom stereocenters. The number of hydrogen-bond acceptors (Lipinski definition) is 6. The zero-order valence-electron chi connectivity index (χ0n) is 16.8. The van der Waals surface area contributed by atoms with Crippen molar-refractivity contribution in [3.05, 3.63) is 57.6 Å². The average molecular weight is 400 g/mol. The van der Waals surface area contributed by atoms with Gasteiger partial charge in [0.05, 0.1) is 36.9 Å². The van der Waals surface area contributed by atoms with Crippen LogP contribution >= 0.6 is 0 Å². The van der Waals surface area contributed by atoms with E-state index in [4.69, 9.17) is 4.74 Å².